The highest BCUT2D eigenvalue weighted by Gasteiger charge is 2.54. The molecule has 0 aromatic rings. The molecule has 3 saturated heterocycles. The third-order valence-electron chi connectivity index (χ3n) is 8.02. The van der Waals surface area contributed by atoms with Crippen LogP contribution in [-0.4, -0.2) is 104 Å². The molecule has 13 heteroatoms. The number of imide groups is 1. The zero-order valence-electron chi connectivity index (χ0n) is 20.3. The third kappa shape index (κ3) is 4.92. The van der Waals surface area contributed by atoms with Gasteiger partial charge < -0.3 is 9.64 Å². The fraction of sp³-hybridized carbons (Fsp3) is 0.864. The van der Waals surface area contributed by atoms with Gasteiger partial charge in [-0.05, 0) is 39.0 Å². The van der Waals surface area contributed by atoms with E-state index in [-0.39, 0.29) is 42.7 Å². The molecule has 0 radical (unpaired) electrons. The second-order valence-corrected chi connectivity index (χ2v) is 12.7. The molecule has 0 aromatic heterocycles. The van der Waals surface area contributed by atoms with E-state index >= 15 is 0 Å². The quantitative estimate of drug-likeness (QED) is 0.400. The molecule has 35 heavy (non-hydrogen) atoms. The largest absolute Gasteiger partial charge is 0.357 e. The molecule has 6 unspecified atom stereocenters. The lowest BCUT2D eigenvalue weighted by molar-refractivity contribution is -0.141. The lowest BCUT2D eigenvalue weighted by Crippen LogP contribution is -2.66. The number of sulfonamides is 1. The van der Waals surface area contributed by atoms with Gasteiger partial charge >= 0.3 is 6.03 Å². The van der Waals surface area contributed by atoms with Gasteiger partial charge in [0.25, 0.3) is 0 Å². The van der Waals surface area contributed by atoms with Gasteiger partial charge in [-0.3, -0.25) is 20.4 Å². The first-order valence-corrected chi connectivity index (χ1v) is 14.0. The van der Waals surface area contributed by atoms with Gasteiger partial charge in [-0.15, -0.1) is 0 Å². The molecule has 5 fully saturated rings. The van der Waals surface area contributed by atoms with E-state index in [0.717, 1.165) is 6.54 Å². The molecule has 3 N–H and O–H groups in total. The van der Waals surface area contributed by atoms with Crippen LogP contribution in [0.1, 0.15) is 39.0 Å². The Balaban J connectivity index is 1.36. The second-order valence-electron chi connectivity index (χ2n) is 10.8. The van der Waals surface area contributed by atoms with Crippen molar-refractivity contribution in [2.45, 2.75) is 68.2 Å². The zero-order valence-corrected chi connectivity index (χ0v) is 21.1. The number of hydrogen-bond acceptors (Lipinski definition) is 9. The molecule has 194 valence electrons. The van der Waals surface area contributed by atoms with E-state index in [0.29, 0.717) is 51.9 Å². The van der Waals surface area contributed by atoms with Crippen LogP contribution in [0.15, 0.2) is 0 Å². The van der Waals surface area contributed by atoms with E-state index in [4.69, 9.17) is 4.74 Å². The Kier molecular flexibility index (Phi) is 6.56. The number of nitrogens with zero attached hydrogens (tertiary/aromatic N) is 4. The van der Waals surface area contributed by atoms with Crippen LogP contribution < -0.4 is 15.5 Å². The first-order chi connectivity index (χ1) is 16.6. The summed E-state index contributed by atoms with van der Waals surface area (Å²) < 4.78 is 34.7. The average Bonchev–Trinajstić information content (AvgIpc) is 3.26. The molecular weight excluding hydrogens is 474 g/mol. The van der Waals surface area contributed by atoms with Gasteiger partial charge in [-0.2, -0.15) is 9.98 Å². The number of urea groups is 1. The lowest BCUT2D eigenvalue weighted by Gasteiger charge is -2.49. The molecule has 2 aliphatic carbocycles. The Bertz CT molecular complexity index is 1010. The SMILES string of the molecule is CC1NCC(CN2C(=O)N(CC3CNN(C)C3)C(=O)C3CC(S(=O)(=O)NC4(C#N)CC4)CCC32)O1. The maximum absolute atomic E-state index is 13.6. The Morgan fingerprint density at radius 3 is 2.60 bits per heavy atom. The lowest BCUT2D eigenvalue weighted by atomic mass is 9.80. The Labute approximate surface area is 206 Å². The Hall–Kier alpha value is -1.82. The van der Waals surface area contributed by atoms with Crippen molar-refractivity contribution in [2.75, 3.05) is 39.8 Å². The van der Waals surface area contributed by atoms with Crippen LogP contribution >= 0.6 is 0 Å². The monoisotopic (exact) mass is 509 g/mol. The van der Waals surface area contributed by atoms with Crippen molar-refractivity contribution >= 4 is 22.0 Å². The summed E-state index contributed by atoms with van der Waals surface area (Å²) in [7, 11) is -1.85. The van der Waals surface area contributed by atoms with Gasteiger partial charge in [0.1, 0.15) is 11.8 Å². The normalized spacial score (nSPS) is 37.4. The molecule has 5 rings (SSSR count). The fourth-order valence-electron chi connectivity index (χ4n) is 5.92. The molecule has 0 spiro atoms. The van der Waals surface area contributed by atoms with Crippen molar-refractivity contribution in [3.8, 4) is 6.07 Å². The number of hydrazine groups is 1. The summed E-state index contributed by atoms with van der Waals surface area (Å²) in [5.74, 6) is -0.782. The summed E-state index contributed by atoms with van der Waals surface area (Å²) in [6.07, 6.45) is 1.64. The molecule has 0 bridgehead atoms. The summed E-state index contributed by atoms with van der Waals surface area (Å²) in [5.41, 5.74) is 2.21. The van der Waals surface area contributed by atoms with Gasteiger partial charge in [0, 0.05) is 45.2 Å². The topological polar surface area (TPSA) is 147 Å². The summed E-state index contributed by atoms with van der Waals surface area (Å²) in [6.45, 7) is 4.57. The van der Waals surface area contributed by atoms with Gasteiger partial charge in [-0.25, -0.2) is 18.2 Å². The molecule has 12 nitrogen and oxygen atoms in total. The van der Waals surface area contributed by atoms with Gasteiger partial charge in [0.2, 0.25) is 15.9 Å². The first kappa shape index (κ1) is 24.9. The third-order valence-corrected chi connectivity index (χ3v) is 10.0. The molecule has 3 aliphatic heterocycles. The minimum atomic E-state index is -3.77. The fourth-order valence-corrected chi connectivity index (χ4v) is 7.79. The van der Waals surface area contributed by atoms with E-state index in [9.17, 15) is 23.3 Å². The molecule has 5 aliphatic rings. The van der Waals surface area contributed by atoms with Gasteiger partial charge in [0.05, 0.1) is 29.9 Å². The number of fused-ring (bicyclic) bond motifs is 1. The number of hydrogen-bond donors (Lipinski definition) is 3. The van der Waals surface area contributed by atoms with E-state index < -0.39 is 26.7 Å². The summed E-state index contributed by atoms with van der Waals surface area (Å²) in [5, 5.41) is 13.8. The summed E-state index contributed by atoms with van der Waals surface area (Å²) in [4.78, 5) is 30.3. The standard InChI is InChI=1S/C22H35N7O5S/c1-14-24-9-16(34-14)12-28-19-4-3-17(35(32,33)26-22(13-23)5-6-22)7-18(19)20(30)29(21(28)31)11-15-8-25-27(2)10-15/h14-19,24-26H,3-12H2,1-2H3. The van der Waals surface area contributed by atoms with E-state index in [1.807, 2.05) is 19.0 Å². The van der Waals surface area contributed by atoms with Crippen molar-refractivity contribution in [1.82, 2.24) is 30.3 Å². The predicted molar refractivity (Wildman–Crippen MR) is 125 cm³/mol. The number of amides is 3. The van der Waals surface area contributed by atoms with Crippen LogP contribution in [0, 0.1) is 23.2 Å². The molecular formula is C22H35N7O5S. The van der Waals surface area contributed by atoms with Crippen LogP contribution in [0.2, 0.25) is 0 Å². The molecule has 2 saturated carbocycles. The molecule has 3 amide bonds. The summed E-state index contributed by atoms with van der Waals surface area (Å²) in [6, 6.07) is 1.41. The average molecular weight is 510 g/mol. The molecule has 3 heterocycles. The zero-order chi connectivity index (χ0) is 25.0. The Morgan fingerprint density at radius 2 is 2.00 bits per heavy atom. The number of ether oxygens (including phenoxy) is 1. The molecule has 0 aromatic carbocycles. The minimum Gasteiger partial charge on any atom is -0.357 e. The number of nitriles is 1. The highest BCUT2D eigenvalue weighted by molar-refractivity contribution is 7.90. The van der Waals surface area contributed by atoms with Crippen LogP contribution in [-0.2, 0) is 19.6 Å². The first-order valence-electron chi connectivity index (χ1n) is 12.5. The van der Waals surface area contributed by atoms with Crippen LogP contribution in [0.25, 0.3) is 0 Å². The van der Waals surface area contributed by atoms with Crippen LogP contribution in [0.5, 0.6) is 0 Å². The van der Waals surface area contributed by atoms with Gasteiger partial charge in [0.15, 0.2) is 0 Å². The van der Waals surface area contributed by atoms with Crippen molar-refractivity contribution in [1.29, 1.82) is 5.26 Å². The van der Waals surface area contributed by atoms with Crippen molar-refractivity contribution in [3.63, 3.8) is 0 Å². The number of nitrogens with one attached hydrogen (secondary N) is 3. The van der Waals surface area contributed by atoms with Crippen LogP contribution in [0.3, 0.4) is 0 Å². The maximum Gasteiger partial charge on any atom is 0.327 e. The van der Waals surface area contributed by atoms with E-state index in [2.05, 4.69) is 21.5 Å². The van der Waals surface area contributed by atoms with E-state index in [1.54, 1.807) is 4.90 Å². The van der Waals surface area contributed by atoms with Gasteiger partial charge in [-0.1, -0.05) is 0 Å². The second kappa shape index (κ2) is 9.24. The van der Waals surface area contributed by atoms with Crippen molar-refractivity contribution in [2.24, 2.45) is 11.8 Å². The van der Waals surface area contributed by atoms with E-state index in [1.165, 1.54) is 4.90 Å². The number of carbonyl (C=O) groups excluding carboxylic acids is 2. The van der Waals surface area contributed by atoms with Crippen LogP contribution in [0.4, 0.5) is 4.79 Å². The predicted octanol–water partition coefficient (Wildman–Crippen LogP) is -0.836. The molecule has 6 atom stereocenters. The van der Waals surface area contributed by atoms with Crippen molar-refractivity contribution in [3.05, 3.63) is 0 Å². The number of rotatable bonds is 7. The van der Waals surface area contributed by atoms with Crippen molar-refractivity contribution < 1.29 is 22.7 Å². The highest BCUT2D eigenvalue weighted by Crippen LogP contribution is 2.40. The summed E-state index contributed by atoms with van der Waals surface area (Å²) >= 11 is 0. The maximum atomic E-state index is 13.6. The number of carbonyl (C=O) groups is 2. The minimum absolute atomic E-state index is 0.102. The smallest absolute Gasteiger partial charge is 0.327 e. The Morgan fingerprint density at radius 1 is 1.23 bits per heavy atom. The highest BCUT2D eigenvalue weighted by atomic mass is 32.2.